The number of amides is 1. The molecule has 2 aromatic carbocycles. The van der Waals surface area contributed by atoms with Crippen LogP contribution in [0, 0.1) is 11.7 Å². The van der Waals surface area contributed by atoms with E-state index in [2.05, 4.69) is 23.1 Å². The van der Waals surface area contributed by atoms with Crippen LogP contribution in [-0.4, -0.2) is 30.9 Å². The van der Waals surface area contributed by atoms with E-state index in [1.165, 1.54) is 30.2 Å². The topological polar surface area (TPSA) is 23.6 Å². The quantitative estimate of drug-likeness (QED) is 0.806. The summed E-state index contributed by atoms with van der Waals surface area (Å²) >= 11 is 0. The van der Waals surface area contributed by atoms with Crippen LogP contribution in [0.3, 0.4) is 0 Å². The third-order valence-electron chi connectivity index (χ3n) is 5.63. The molecular formula is C22H25FN2O. The summed E-state index contributed by atoms with van der Waals surface area (Å²) in [6.07, 6.45) is 3.21. The molecule has 136 valence electrons. The Balaban J connectivity index is 1.44. The van der Waals surface area contributed by atoms with Gasteiger partial charge in [0.15, 0.2) is 0 Å². The van der Waals surface area contributed by atoms with Gasteiger partial charge in [0.1, 0.15) is 5.82 Å². The first-order valence-corrected chi connectivity index (χ1v) is 9.47. The molecule has 3 nitrogen and oxygen atoms in total. The van der Waals surface area contributed by atoms with E-state index in [1.54, 1.807) is 17.0 Å². The number of benzene rings is 2. The molecular weight excluding hydrogens is 327 g/mol. The van der Waals surface area contributed by atoms with Crippen molar-refractivity contribution in [2.45, 2.75) is 31.7 Å². The molecule has 0 aromatic heterocycles. The van der Waals surface area contributed by atoms with Gasteiger partial charge in [0.25, 0.3) is 0 Å². The van der Waals surface area contributed by atoms with Gasteiger partial charge < -0.3 is 9.80 Å². The van der Waals surface area contributed by atoms with Gasteiger partial charge >= 0.3 is 0 Å². The zero-order valence-corrected chi connectivity index (χ0v) is 15.2. The molecule has 1 saturated carbocycles. The van der Waals surface area contributed by atoms with Crippen LogP contribution in [0.1, 0.15) is 36.3 Å². The first kappa shape index (κ1) is 17.1. The van der Waals surface area contributed by atoms with Crippen molar-refractivity contribution in [3.05, 3.63) is 65.5 Å². The second-order valence-electron chi connectivity index (χ2n) is 7.49. The van der Waals surface area contributed by atoms with Crippen molar-refractivity contribution < 1.29 is 9.18 Å². The highest BCUT2D eigenvalue weighted by Crippen LogP contribution is 2.49. The monoisotopic (exact) mass is 352 g/mol. The summed E-state index contributed by atoms with van der Waals surface area (Å²) in [7, 11) is 1.86. The fourth-order valence-corrected chi connectivity index (χ4v) is 4.12. The van der Waals surface area contributed by atoms with Crippen LogP contribution >= 0.6 is 0 Å². The van der Waals surface area contributed by atoms with Crippen LogP contribution < -0.4 is 4.90 Å². The Hall–Kier alpha value is -2.36. The van der Waals surface area contributed by atoms with Crippen LogP contribution in [0.5, 0.6) is 0 Å². The molecule has 0 bridgehead atoms. The minimum atomic E-state index is -0.199. The van der Waals surface area contributed by atoms with E-state index in [0.29, 0.717) is 12.1 Å². The van der Waals surface area contributed by atoms with E-state index in [1.807, 2.05) is 19.2 Å². The number of rotatable bonds is 5. The van der Waals surface area contributed by atoms with Gasteiger partial charge in [0.05, 0.1) is 0 Å². The van der Waals surface area contributed by atoms with E-state index >= 15 is 0 Å². The molecule has 2 aliphatic rings. The molecule has 0 radical (unpaired) electrons. The maximum absolute atomic E-state index is 14.0. The highest BCUT2D eigenvalue weighted by Gasteiger charge is 2.46. The lowest BCUT2D eigenvalue weighted by Gasteiger charge is -2.24. The largest absolute Gasteiger partial charge is 0.371 e. The second-order valence-corrected chi connectivity index (χ2v) is 7.49. The molecule has 4 heteroatoms. The zero-order valence-electron chi connectivity index (χ0n) is 15.2. The van der Waals surface area contributed by atoms with Crippen molar-refractivity contribution >= 4 is 11.6 Å². The molecule has 26 heavy (non-hydrogen) atoms. The number of carbonyl (C=O) groups is 1. The number of halogens is 1. The predicted molar refractivity (Wildman–Crippen MR) is 102 cm³/mol. The smallest absolute Gasteiger partial charge is 0.226 e. The van der Waals surface area contributed by atoms with Crippen molar-refractivity contribution in [2.75, 3.05) is 25.0 Å². The summed E-state index contributed by atoms with van der Waals surface area (Å²) in [6.45, 7) is 2.78. The Morgan fingerprint density at radius 1 is 1.12 bits per heavy atom. The standard InChI is InChI=1S/C22H25FN2O/c1-24(15-16-8-2-5-11-21(16)25-12-6-7-13-25)22(26)19-14-18(19)17-9-3-4-10-20(17)23/h2-5,8-11,18-19H,6-7,12-15H2,1H3/t18-,19+/m1/s1. The van der Waals surface area contributed by atoms with Gasteiger partial charge in [0.2, 0.25) is 5.91 Å². The summed E-state index contributed by atoms with van der Waals surface area (Å²) in [6, 6.07) is 15.2. The fourth-order valence-electron chi connectivity index (χ4n) is 4.12. The number of hydrogen-bond donors (Lipinski definition) is 0. The highest BCUT2D eigenvalue weighted by atomic mass is 19.1. The SMILES string of the molecule is CN(Cc1ccccc1N1CCCC1)C(=O)[C@H]1C[C@@H]1c1ccccc1F. The maximum atomic E-state index is 14.0. The lowest BCUT2D eigenvalue weighted by molar-refractivity contribution is -0.131. The molecule has 2 atom stereocenters. The van der Waals surface area contributed by atoms with Crippen molar-refractivity contribution in [3.8, 4) is 0 Å². The van der Waals surface area contributed by atoms with Gasteiger partial charge in [-0.1, -0.05) is 36.4 Å². The van der Waals surface area contributed by atoms with Crippen molar-refractivity contribution in [3.63, 3.8) is 0 Å². The van der Waals surface area contributed by atoms with Gasteiger partial charge in [-0.15, -0.1) is 0 Å². The Morgan fingerprint density at radius 3 is 2.58 bits per heavy atom. The molecule has 1 amide bonds. The minimum Gasteiger partial charge on any atom is -0.371 e. The molecule has 1 aliphatic heterocycles. The second kappa shape index (κ2) is 7.10. The van der Waals surface area contributed by atoms with E-state index in [4.69, 9.17) is 0 Å². The average Bonchev–Trinajstić information content (AvgIpc) is 3.25. The van der Waals surface area contributed by atoms with Crippen molar-refractivity contribution in [1.82, 2.24) is 4.90 Å². The van der Waals surface area contributed by atoms with Gasteiger partial charge in [-0.25, -0.2) is 4.39 Å². The number of nitrogens with zero attached hydrogens (tertiary/aromatic N) is 2. The van der Waals surface area contributed by atoms with Gasteiger partial charge in [0, 0.05) is 38.3 Å². The predicted octanol–water partition coefficient (Wildman–Crippen LogP) is 4.19. The number of para-hydroxylation sites is 1. The van der Waals surface area contributed by atoms with Crippen molar-refractivity contribution in [2.24, 2.45) is 5.92 Å². The molecule has 4 rings (SSSR count). The molecule has 1 saturated heterocycles. The van der Waals surface area contributed by atoms with Crippen LogP contribution in [-0.2, 0) is 11.3 Å². The minimum absolute atomic E-state index is 0.0278. The van der Waals surface area contributed by atoms with Gasteiger partial charge in [-0.2, -0.15) is 0 Å². The Bertz CT molecular complexity index is 800. The first-order valence-electron chi connectivity index (χ1n) is 9.47. The van der Waals surface area contributed by atoms with E-state index in [9.17, 15) is 9.18 Å². The normalized spacial score (nSPS) is 21.7. The number of hydrogen-bond acceptors (Lipinski definition) is 2. The summed E-state index contributed by atoms with van der Waals surface area (Å²) in [5, 5.41) is 0. The van der Waals surface area contributed by atoms with E-state index in [0.717, 1.165) is 19.5 Å². The summed E-state index contributed by atoms with van der Waals surface area (Å²) in [4.78, 5) is 17.0. The van der Waals surface area contributed by atoms with E-state index < -0.39 is 0 Å². The molecule has 1 heterocycles. The summed E-state index contributed by atoms with van der Waals surface area (Å²) in [5.41, 5.74) is 3.11. The lowest BCUT2D eigenvalue weighted by Crippen LogP contribution is -2.29. The zero-order chi connectivity index (χ0) is 18.1. The number of anilines is 1. The van der Waals surface area contributed by atoms with Gasteiger partial charge in [-0.05, 0) is 48.4 Å². The van der Waals surface area contributed by atoms with Crippen LogP contribution in [0.4, 0.5) is 10.1 Å². The van der Waals surface area contributed by atoms with Gasteiger partial charge in [-0.3, -0.25) is 4.79 Å². The fraction of sp³-hybridized carbons (Fsp3) is 0.409. The van der Waals surface area contributed by atoms with E-state index in [-0.39, 0.29) is 23.6 Å². The molecule has 1 aliphatic carbocycles. The van der Waals surface area contributed by atoms with Crippen LogP contribution in [0.15, 0.2) is 48.5 Å². The molecule has 0 unspecified atom stereocenters. The molecule has 0 N–H and O–H groups in total. The maximum Gasteiger partial charge on any atom is 0.226 e. The molecule has 2 fully saturated rings. The number of carbonyl (C=O) groups excluding carboxylic acids is 1. The van der Waals surface area contributed by atoms with Crippen LogP contribution in [0.2, 0.25) is 0 Å². The van der Waals surface area contributed by atoms with Crippen molar-refractivity contribution in [1.29, 1.82) is 0 Å². The summed E-state index contributed by atoms with van der Waals surface area (Å²) in [5.74, 6) is -0.139. The first-order chi connectivity index (χ1) is 12.6. The van der Waals surface area contributed by atoms with Crippen LogP contribution in [0.25, 0.3) is 0 Å². The molecule has 2 aromatic rings. The average molecular weight is 352 g/mol. The Labute approximate surface area is 154 Å². The Kier molecular flexibility index (Phi) is 4.66. The Morgan fingerprint density at radius 2 is 1.81 bits per heavy atom. The third kappa shape index (κ3) is 3.33. The molecule has 0 spiro atoms. The lowest BCUT2D eigenvalue weighted by atomic mass is 10.1. The summed E-state index contributed by atoms with van der Waals surface area (Å²) < 4.78 is 14.0. The third-order valence-corrected chi connectivity index (χ3v) is 5.63. The highest BCUT2D eigenvalue weighted by molar-refractivity contribution is 5.83.